The molecule has 82 valence electrons. The summed E-state index contributed by atoms with van der Waals surface area (Å²) in [5, 5.41) is 8.85. The molecular weight excluding hydrogens is 210 g/mol. The molecule has 0 atom stereocenters. The van der Waals surface area contributed by atoms with Crippen LogP contribution in [0, 0.1) is 11.3 Å². The molecule has 0 fully saturated rings. The third kappa shape index (κ3) is 1.74. The summed E-state index contributed by atoms with van der Waals surface area (Å²) in [6.45, 7) is 1.82. The Kier molecular flexibility index (Phi) is 2.27. The SMILES string of the molecule is N#Cc1cc(N2Cc3ccccc3C2)ccn1. The Hall–Kier alpha value is -2.34. The Morgan fingerprint density at radius 1 is 1.12 bits per heavy atom. The van der Waals surface area contributed by atoms with Gasteiger partial charge in [-0.05, 0) is 23.3 Å². The first-order valence-electron chi connectivity index (χ1n) is 5.55. The van der Waals surface area contributed by atoms with E-state index in [1.807, 2.05) is 12.1 Å². The molecule has 2 heterocycles. The van der Waals surface area contributed by atoms with Crippen molar-refractivity contribution in [1.82, 2.24) is 4.98 Å². The third-order valence-electron chi connectivity index (χ3n) is 3.06. The Labute approximate surface area is 99.9 Å². The van der Waals surface area contributed by atoms with Crippen LogP contribution in [0.2, 0.25) is 0 Å². The molecule has 3 nitrogen and oxygen atoms in total. The Morgan fingerprint density at radius 2 is 1.82 bits per heavy atom. The first-order valence-corrected chi connectivity index (χ1v) is 5.55. The van der Waals surface area contributed by atoms with E-state index in [4.69, 9.17) is 5.26 Å². The average Bonchev–Trinajstić information content (AvgIpc) is 2.82. The molecular formula is C14H11N3. The second-order valence-corrected chi connectivity index (χ2v) is 4.14. The van der Waals surface area contributed by atoms with Crippen LogP contribution in [-0.4, -0.2) is 4.98 Å². The molecule has 0 unspecified atom stereocenters. The average molecular weight is 221 g/mol. The van der Waals surface area contributed by atoms with Crippen LogP contribution in [0.4, 0.5) is 5.69 Å². The molecule has 0 amide bonds. The summed E-state index contributed by atoms with van der Waals surface area (Å²) in [7, 11) is 0. The zero-order chi connectivity index (χ0) is 11.7. The lowest BCUT2D eigenvalue weighted by Crippen LogP contribution is -2.14. The lowest BCUT2D eigenvalue weighted by atomic mass is 10.1. The van der Waals surface area contributed by atoms with E-state index in [1.54, 1.807) is 6.20 Å². The van der Waals surface area contributed by atoms with Crippen molar-refractivity contribution in [3.63, 3.8) is 0 Å². The Balaban J connectivity index is 1.92. The van der Waals surface area contributed by atoms with Crippen LogP contribution in [0.3, 0.4) is 0 Å². The van der Waals surface area contributed by atoms with E-state index in [0.717, 1.165) is 18.8 Å². The fourth-order valence-corrected chi connectivity index (χ4v) is 2.19. The molecule has 0 N–H and O–H groups in total. The number of benzene rings is 1. The highest BCUT2D eigenvalue weighted by atomic mass is 15.1. The van der Waals surface area contributed by atoms with Crippen molar-refractivity contribution < 1.29 is 0 Å². The molecule has 1 aliphatic rings. The Bertz CT molecular complexity index is 573. The number of aromatic nitrogens is 1. The van der Waals surface area contributed by atoms with Crippen LogP contribution in [0.5, 0.6) is 0 Å². The van der Waals surface area contributed by atoms with E-state index >= 15 is 0 Å². The molecule has 0 radical (unpaired) electrons. The molecule has 2 aromatic rings. The minimum absolute atomic E-state index is 0.471. The van der Waals surface area contributed by atoms with Crippen molar-refractivity contribution in [3.8, 4) is 6.07 Å². The number of pyridine rings is 1. The molecule has 0 bridgehead atoms. The molecule has 0 saturated heterocycles. The van der Waals surface area contributed by atoms with Crippen LogP contribution in [0.15, 0.2) is 42.6 Å². The van der Waals surface area contributed by atoms with Gasteiger partial charge in [-0.3, -0.25) is 0 Å². The number of rotatable bonds is 1. The maximum atomic E-state index is 8.85. The van der Waals surface area contributed by atoms with Crippen molar-refractivity contribution in [2.24, 2.45) is 0 Å². The van der Waals surface area contributed by atoms with Crippen molar-refractivity contribution >= 4 is 5.69 Å². The molecule has 17 heavy (non-hydrogen) atoms. The minimum atomic E-state index is 0.471. The van der Waals surface area contributed by atoms with Gasteiger partial charge in [0.15, 0.2) is 0 Å². The largest absolute Gasteiger partial charge is 0.363 e. The maximum absolute atomic E-state index is 8.85. The molecule has 0 spiro atoms. The normalized spacial score (nSPS) is 13.2. The fourth-order valence-electron chi connectivity index (χ4n) is 2.19. The van der Waals surface area contributed by atoms with E-state index in [0.29, 0.717) is 5.69 Å². The molecule has 0 saturated carbocycles. The van der Waals surface area contributed by atoms with Gasteiger partial charge in [-0.25, -0.2) is 4.98 Å². The van der Waals surface area contributed by atoms with Gasteiger partial charge in [0.1, 0.15) is 11.8 Å². The molecule has 1 aromatic heterocycles. The van der Waals surface area contributed by atoms with Gasteiger partial charge >= 0.3 is 0 Å². The molecule has 1 aliphatic heterocycles. The van der Waals surface area contributed by atoms with Gasteiger partial charge in [0.2, 0.25) is 0 Å². The zero-order valence-corrected chi connectivity index (χ0v) is 9.30. The number of hydrogen-bond acceptors (Lipinski definition) is 3. The lowest BCUT2D eigenvalue weighted by molar-refractivity contribution is 0.878. The van der Waals surface area contributed by atoms with E-state index in [2.05, 4.69) is 40.2 Å². The van der Waals surface area contributed by atoms with Gasteiger partial charge < -0.3 is 4.90 Å². The van der Waals surface area contributed by atoms with Gasteiger partial charge in [0.05, 0.1) is 0 Å². The van der Waals surface area contributed by atoms with E-state index < -0.39 is 0 Å². The number of fused-ring (bicyclic) bond motifs is 1. The fraction of sp³-hybridized carbons (Fsp3) is 0.143. The maximum Gasteiger partial charge on any atom is 0.142 e. The summed E-state index contributed by atoms with van der Waals surface area (Å²) in [4.78, 5) is 6.25. The summed E-state index contributed by atoms with van der Waals surface area (Å²) in [6, 6.07) is 14.3. The minimum Gasteiger partial charge on any atom is -0.363 e. The quantitative estimate of drug-likeness (QED) is 0.742. The molecule has 0 aliphatic carbocycles. The van der Waals surface area contributed by atoms with Crippen LogP contribution in [-0.2, 0) is 13.1 Å². The van der Waals surface area contributed by atoms with Crippen LogP contribution in [0.25, 0.3) is 0 Å². The van der Waals surface area contributed by atoms with E-state index in [9.17, 15) is 0 Å². The van der Waals surface area contributed by atoms with Crippen LogP contribution in [0.1, 0.15) is 16.8 Å². The lowest BCUT2D eigenvalue weighted by Gasteiger charge is -2.17. The number of nitriles is 1. The second-order valence-electron chi connectivity index (χ2n) is 4.14. The Morgan fingerprint density at radius 3 is 2.47 bits per heavy atom. The van der Waals surface area contributed by atoms with Gasteiger partial charge in [-0.15, -0.1) is 0 Å². The molecule has 3 heteroatoms. The number of nitrogens with zero attached hydrogens (tertiary/aromatic N) is 3. The van der Waals surface area contributed by atoms with Crippen LogP contribution >= 0.6 is 0 Å². The van der Waals surface area contributed by atoms with Crippen molar-refractivity contribution in [3.05, 3.63) is 59.4 Å². The van der Waals surface area contributed by atoms with Gasteiger partial charge in [-0.1, -0.05) is 24.3 Å². The second kappa shape index (κ2) is 3.91. The van der Waals surface area contributed by atoms with Crippen LogP contribution < -0.4 is 4.90 Å². The first kappa shape index (κ1) is 9.86. The topological polar surface area (TPSA) is 39.9 Å². The van der Waals surface area contributed by atoms with Gasteiger partial charge in [0.25, 0.3) is 0 Å². The number of anilines is 1. The predicted molar refractivity (Wildman–Crippen MR) is 65.3 cm³/mol. The first-order chi connectivity index (χ1) is 8.36. The summed E-state index contributed by atoms with van der Waals surface area (Å²) in [5.41, 5.74) is 4.26. The summed E-state index contributed by atoms with van der Waals surface area (Å²) in [6.07, 6.45) is 1.69. The van der Waals surface area contributed by atoms with Crippen molar-refractivity contribution in [2.75, 3.05) is 4.90 Å². The van der Waals surface area contributed by atoms with Gasteiger partial charge in [-0.2, -0.15) is 5.26 Å². The number of hydrogen-bond donors (Lipinski definition) is 0. The standard InChI is InChI=1S/C14H11N3/c15-8-13-7-14(5-6-16-13)17-9-11-3-1-2-4-12(11)10-17/h1-7H,9-10H2. The molecule has 1 aromatic carbocycles. The summed E-state index contributed by atoms with van der Waals surface area (Å²) < 4.78 is 0. The highest BCUT2D eigenvalue weighted by Gasteiger charge is 2.18. The highest BCUT2D eigenvalue weighted by molar-refractivity contribution is 5.53. The smallest absolute Gasteiger partial charge is 0.142 e. The van der Waals surface area contributed by atoms with E-state index in [-0.39, 0.29) is 0 Å². The van der Waals surface area contributed by atoms with Crippen molar-refractivity contribution in [2.45, 2.75) is 13.1 Å². The third-order valence-corrected chi connectivity index (χ3v) is 3.06. The van der Waals surface area contributed by atoms with E-state index in [1.165, 1.54) is 11.1 Å². The summed E-state index contributed by atoms with van der Waals surface area (Å²) in [5.74, 6) is 0. The highest BCUT2D eigenvalue weighted by Crippen LogP contribution is 2.27. The van der Waals surface area contributed by atoms with Gasteiger partial charge in [0, 0.05) is 25.0 Å². The predicted octanol–water partition coefficient (Wildman–Crippen LogP) is 2.47. The molecule has 3 rings (SSSR count). The monoisotopic (exact) mass is 221 g/mol. The van der Waals surface area contributed by atoms with Crippen molar-refractivity contribution in [1.29, 1.82) is 5.26 Å². The zero-order valence-electron chi connectivity index (χ0n) is 9.30. The summed E-state index contributed by atoms with van der Waals surface area (Å²) >= 11 is 0.